The van der Waals surface area contributed by atoms with Gasteiger partial charge in [-0.05, 0) is 103 Å². The molecule has 0 unspecified atom stereocenters. The van der Waals surface area contributed by atoms with Crippen LogP contribution in [0.1, 0.15) is 0 Å². The van der Waals surface area contributed by atoms with E-state index in [1.165, 1.54) is 49.0 Å². The molecule has 3 nitrogen and oxygen atoms in total. The van der Waals surface area contributed by atoms with Gasteiger partial charge in [0.1, 0.15) is 33.7 Å². The van der Waals surface area contributed by atoms with Gasteiger partial charge in [-0.3, -0.25) is 0 Å². The Morgan fingerprint density at radius 2 is 0.860 bits per heavy atom. The van der Waals surface area contributed by atoms with Crippen molar-refractivity contribution < 1.29 is 13.3 Å². The van der Waals surface area contributed by atoms with Gasteiger partial charge in [0, 0.05) is 38.1 Å². The Morgan fingerprint density at radius 1 is 0.263 bits per heavy atom. The summed E-state index contributed by atoms with van der Waals surface area (Å²) in [6, 6.07) is 64.8. The molecule has 0 amide bonds. The van der Waals surface area contributed by atoms with Gasteiger partial charge in [-0.1, -0.05) is 140 Å². The third-order valence-corrected chi connectivity index (χ3v) is 12.1. The second-order valence-electron chi connectivity index (χ2n) is 15.1. The first-order chi connectivity index (χ1) is 28.2. The van der Waals surface area contributed by atoms with Crippen LogP contribution in [0.25, 0.3) is 132 Å². The van der Waals surface area contributed by atoms with Gasteiger partial charge in [0.05, 0.1) is 0 Å². The maximum Gasteiger partial charge on any atom is 0.144 e. The number of furan rings is 3. The van der Waals surface area contributed by atoms with Crippen LogP contribution in [-0.2, 0) is 0 Å². The Morgan fingerprint density at radius 3 is 1.65 bits per heavy atom. The van der Waals surface area contributed by atoms with Crippen molar-refractivity contribution >= 4 is 87.2 Å². The van der Waals surface area contributed by atoms with Crippen LogP contribution in [0.2, 0.25) is 0 Å². The number of benzene rings is 10. The average molecular weight is 727 g/mol. The topological polar surface area (TPSA) is 39.4 Å². The SMILES string of the molecule is c1ccc(-c2ccc3ccc4c(-c5ccc6c(-c7ccc8oc9ccccc9c8c7)c(-c7cccc8oc9ccccc9c78)oc6c5)ccc5ccc2c3c54)cc1. The summed E-state index contributed by atoms with van der Waals surface area (Å²) in [4.78, 5) is 0. The normalized spacial score (nSPS) is 12.2. The van der Waals surface area contributed by atoms with Crippen LogP contribution in [0, 0.1) is 0 Å². The largest absolute Gasteiger partial charge is 0.456 e. The minimum atomic E-state index is 0.815. The van der Waals surface area contributed by atoms with Crippen molar-refractivity contribution in [1.82, 2.24) is 0 Å². The molecule has 57 heavy (non-hydrogen) atoms. The van der Waals surface area contributed by atoms with E-state index in [4.69, 9.17) is 13.3 Å². The molecule has 3 heterocycles. The minimum Gasteiger partial charge on any atom is -0.456 e. The summed E-state index contributed by atoms with van der Waals surface area (Å²) in [5, 5.41) is 12.9. The van der Waals surface area contributed by atoms with E-state index in [1.807, 2.05) is 30.3 Å². The summed E-state index contributed by atoms with van der Waals surface area (Å²) in [6.45, 7) is 0. The first-order valence-electron chi connectivity index (χ1n) is 19.4. The van der Waals surface area contributed by atoms with Crippen LogP contribution in [0.15, 0.2) is 195 Å². The third-order valence-electron chi connectivity index (χ3n) is 12.1. The number of fused-ring (bicyclic) bond motifs is 7. The fourth-order valence-electron chi connectivity index (χ4n) is 9.51. The average Bonchev–Trinajstić information content (AvgIpc) is 3.96. The summed E-state index contributed by atoms with van der Waals surface area (Å²) in [5.74, 6) is 0.815. The van der Waals surface area contributed by atoms with Gasteiger partial charge in [0.2, 0.25) is 0 Å². The zero-order valence-electron chi connectivity index (χ0n) is 30.5. The highest BCUT2D eigenvalue weighted by Crippen LogP contribution is 2.48. The first-order valence-corrected chi connectivity index (χ1v) is 19.4. The zero-order chi connectivity index (χ0) is 37.2. The van der Waals surface area contributed by atoms with Gasteiger partial charge in [0.25, 0.3) is 0 Å². The molecule has 0 saturated heterocycles. The zero-order valence-corrected chi connectivity index (χ0v) is 30.5. The highest BCUT2D eigenvalue weighted by atomic mass is 16.3. The van der Waals surface area contributed by atoms with Crippen LogP contribution in [0.3, 0.4) is 0 Å². The fraction of sp³-hybridized carbons (Fsp3) is 0. The van der Waals surface area contributed by atoms with Crippen LogP contribution < -0.4 is 0 Å². The summed E-state index contributed by atoms with van der Waals surface area (Å²) >= 11 is 0. The minimum absolute atomic E-state index is 0.815. The molecule has 10 aromatic carbocycles. The third kappa shape index (κ3) is 4.37. The van der Waals surface area contributed by atoms with Crippen molar-refractivity contribution in [1.29, 1.82) is 0 Å². The van der Waals surface area contributed by atoms with Crippen LogP contribution in [-0.4, -0.2) is 0 Å². The quantitative estimate of drug-likeness (QED) is 0.170. The molecule has 13 aromatic rings. The molecule has 3 heteroatoms. The van der Waals surface area contributed by atoms with Crippen LogP contribution >= 0.6 is 0 Å². The molecule has 0 aliphatic carbocycles. The summed E-state index contributed by atoms with van der Waals surface area (Å²) in [6.07, 6.45) is 0. The molecule has 0 N–H and O–H groups in total. The van der Waals surface area contributed by atoms with Crippen molar-refractivity contribution in [2.75, 3.05) is 0 Å². The lowest BCUT2D eigenvalue weighted by molar-refractivity contribution is 0.633. The van der Waals surface area contributed by atoms with Gasteiger partial charge >= 0.3 is 0 Å². The molecule has 0 bridgehead atoms. The monoisotopic (exact) mass is 726 g/mol. The van der Waals surface area contributed by atoms with Gasteiger partial charge < -0.3 is 13.3 Å². The summed E-state index contributed by atoms with van der Waals surface area (Å²) in [7, 11) is 0. The number of rotatable bonds is 4. The molecule has 13 rings (SSSR count). The number of hydrogen-bond acceptors (Lipinski definition) is 3. The molecule has 264 valence electrons. The lowest BCUT2D eigenvalue weighted by atomic mass is 9.87. The predicted molar refractivity (Wildman–Crippen MR) is 236 cm³/mol. The Hall–Kier alpha value is -7.62. The summed E-state index contributed by atoms with van der Waals surface area (Å²) in [5.41, 5.74) is 12.1. The van der Waals surface area contributed by atoms with Crippen molar-refractivity contribution in [3.8, 4) is 44.7 Å². The van der Waals surface area contributed by atoms with E-state index in [2.05, 4.69) is 152 Å². The Kier molecular flexibility index (Phi) is 6.16. The van der Waals surface area contributed by atoms with Crippen LogP contribution in [0.4, 0.5) is 0 Å². The van der Waals surface area contributed by atoms with Crippen molar-refractivity contribution in [3.05, 3.63) is 182 Å². The smallest absolute Gasteiger partial charge is 0.144 e. The lowest BCUT2D eigenvalue weighted by Crippen LogP contribution is -1.89. The Balaban J connectivity index is 1.06. The molecule has 0 spiro atoms. The first kappa shape index (κ1) is 30.7. The Bertz CT molecular complexity index is 3750. The van der Waals surface area contributed by atoms with E-state index < -0.39 is 0 Å². The second kappa shape index (κ2) is 11.5. The molecular formula is C54H30O3. The van der Waals surface area contributed by atoms with Gasteiger partial charge in [-0.2, -0.15) is 0 Å². The number of para-hydroxylation sites is 2. The molecule has 0 saturated carbocycles. The molecule has 3 aromatic heterocycles. The van der Waals surface area contributed by atoms with Crippen molar-refractivity contribution in [3.63, 3.8) is 0 Å². The molecule has 0 atom stereocenters. The van der Waals surface area contributed by atoms with Gasteiger partial charge in [-0.15, -0.1) is 0 Å². The molecule has 0 radical (unpaired) electrons. The van der Waals surface area contributed by atoms with E-state index in [0.29, 0.717) is 0 Å². The number of hydrogen-bond donors (Lipinski definition) is 0. The maximum atomic E-state index is 7.13. The standard InChI is InChI=1S/C54H30O3/c1-2-9-31(10-3-1)36-23-17-32-20-26-40-37(24-18-33-19-25-39(36)50(32)51(33)40)34-21-27-42-49(30-34)57-54(43-13-8-16-48-53(43)41-12-5-7-15-46(41)56-48)52(42)35-22-28-47-44(29-35)38-11-4-6-14-45(38)55-47/h1-30H. The van der Waals surface area contributed by atoms with E-state index in [1.54, 1.807) is 0 Å². The van der Waals surface area contributed by atoms with Gasteiger partial charge in [0.15, 0.2) is 0 Å². The predicted octanol–water partition coefficient (Wildman–Crippen LogP) is 15.8. The lowest BCUT2D eigenvalue weighted by Gasteiger charge is -2.16. The second-order valence-corrected chi connectivity index (χ2v) is 15.1. The molecular weight excluding hydrogens is 697 g/mol. The van der Waals surface area contributed by atoms with E-state index in [9.17, 15) is 0 Å². The molecule has 0 fully saturated rings. The molecule has 0 aliphatic rings. The van der Waals surface area contributed by atoms with Crippen molar-refractivity contribution in [2.24, 2.45) is 0 Å². The Labute approximate surface area is 325 Å². The van der Waals surface area contributed by atoms with Crippen LogP contribution in [0.5, 0.6) is 0 Å². The highest BCUT2D eigenvalue weighted by Gasteiger charge is 2.24. The van der Waals surface area contributed by atoms with E-state index in [0.717, 1.165) is 82.9 Å². The van der Waals surface area contributed by atoms with E-state index >= 15 is 0 Å². The van der Waals surface area contributed by atoms with Crippen molar-refractivity contribution in [2.45, 2.75) is 0 Å². The fourth-order valence-corrected chi connectivity index (χ4v) is 9.51. The van der Waals surface area contributed by atoms with Gasteiger partial charge in [-0.25, -0.2) is 0 Å². The molecule has 0 aliphatic heterocycles. The van der Waals surface area contributed by atoms with E-state index in [-0.39, 0.29) is 0 Å². The highest BCUT2D eigenvalue weighted by molar-refractivity contribution is 6.28. The maximum absolute atomic E-state index is 7.13. The summed E-state index contributed by atoms with van der Waals surface area (Å²) < 4.78 is 19.8.